The molecule has 1 fully saturated rings. The molecule has 1 aromatic rings. The fourth-order valence-corrected chi connectivity index (χ4v) is 2.98. The van der Waals surface area contributed by atoms with E-state index in [0.29, 0.717) is 11.8 Å². The highest BCUT2D eigenvalue weighted by molar-refractivity contribution is 5.82. The maximum absolute atomic E-state index is 12.5. The third-order valence-corrected chi connectivity index (χ3v) is 4.26. The number of carbonyl (C=O) groups is 1. The molecule has 0 radical (unpaired) electrons. The first-order valence-corrected chi connectivity index (χ1v) is 7.95. The summed E-state index contributed by atoms with van der Waals surface area (Å²) >= 11 is 0. The molecular weight excluding hydrogens is 280 g/mol. The second-order valence-corrected chi connectivity index (χ2v) is 5.56. The first-order valence-electron chi connectivity index (χ1n) is 7.95. The molecule has 0 bridgehead atoms. The summed E-state index contributed by atoms with van der Waals surface area (Å²) in [5.41, 5.74) is 0.778. The number of carbonyl (C=O) groups excluding carboxylic acids is 1. The standard InChI is InChI=1S/C17H26N2O3/c1-4-13-7-5-6-10-19(13)17(20)12-18-15-11-14(21-2)8-9-16(15)22-3/h8-9,11,13,18H,4-7,10,12H2,1-3H3. The monoisotopic (exact) mass is 306 g/mol. The van der Waals surface area contributed by atoms with Crippen LogP contribution >= 0.6 is 0 Å². The molecule has 1 aliphatic rings. The van der Waals surface area contributed by atoms with Gasteiger partial charge in [-0.05, 0) is 37.8 Å². The van der Waals surface area contributed by atoms with E-state index in [4.69, 9.17) is 9.47 Å². The number of piperidine rings is 1. The fraction of sp³-hybridized carbons (Fsp3) is 0.588. The van der Waals surface area contributed by atoms with Gasteiger partial charge in [-0.3, -0.25) is 4.79 Å². The summed E-state index contributed by atoms with van der Waals surface area (Å²) in [6, 6.07) is 5.90. The van der Waals surface area contributed by atoms with E-state index in [1.165, 1.54) is 6.42 Å². The average Bonchev–Trinajstić information content (AvgIpc) is 2.59. The Balaban J connectivity index is 2.01. The molecule has 5 nitrogen and oxygen atoms in total. The lowest BCUT2D eigenvalue weighted by Gasteiger charge is -2.35. The van der Waals surface area contributed by atoms with Crippen molar-refractivity contribution in [2.75, 3.05) is 32.6 Å². The number of ether oxygens (including phenoxy) is 2. The minimum absolute atomic E-state index is 0.149. The van der Waals surface area contributed by atoms with Gasteiger partial charge in [-0.25, -0.2) is 0 Å². The van der Waals surface area contributed by atoms with Crippen LogP contribution in [0.5, 0.6) is 11.5 Å². The van der Waals surface area contributed by atoms with Crippen LogP contribution in [0.25, 0.3) is 0 Å². The third-order valence-electron chi connectivity index (χ3n) is 4.26. The molecule has 1 atom stereocenters. The SMILES string of the molecule is CCC1CCCCN1C(=O)CNc1cc(OC)ccc1OC. The highest BCUT2D eigenvalue weighted by Crippen LogP contribution is 2.29. The molecule has 1 heterocycles. The van der Waals surface area contributed by atoms with Gasteiger partial charge in [-0.1, -0.05) is 6.92 Å². The summed E-state index contributed by atoms with van der Waals surface area (Å²) in [7, 11) is 3.24. The molecule has 0 aliphatic carbocycles. The Morgan fingerprint density at radius 3 is 2.82 bits per heavy atom. The number of methoxy groups -OCH3 is 2. The molecule has 1 unspecified atom stereocenters. The number of amides is 1. The molecule has 22 heavy (non-hydrogen) atoms. The predicted molar refractivity (Wildman–Crippen MR) is 87.7 cm³/mol. The molecule has 1 amide bonds. The lowest BCUT2D eigenvalue weighted by Crippen LogP contribution is -2.45. The normalized spacial score (nSPS) is 18.0. The number of nitrogens with one attached hydrogen (secondary N) is 1. The number of likely N-dealkylation sites (tertiary alicyclic amines) is 1. The van der Waals surface area contributed by atoms with E-state index in [-0.39, 0.29) is 12.5 Å². The Morgan fingerprint density at radius 1 is 1.32 bits per heavy atom. The van der Waals surface area contributed by atoms with Gasteiger partial charge in [0.25, 0.3) is 0 Å². The molecule has 0 aromatic heterocycles. The van der Waals surface area contributed by atoms with Crippen LogP contribution in [-0.4, -0.2) is 44.2 Å². The second kappa shape index (κ2) is 7.92. The zero-order valence-corrected chi connectivity index (χ0v) is 13.7. The first-order chi connectivity index (χ1) is 10.7. The number of benzene rings is 1. The van der Waals surface area contributed by atoms with E-state index in [2.05, 4.69) is 12.2 Å². The van der Waals surface area contributed by atoms with Crippen LogP contribution in [-0.2, 0) is 4.79 Å². The topological polar surface area (TPSA) is 50.8 Å². The van der Waals surface area contributed by atoms with Crippen molar-refractivity contribution in [3.05, 3.63) is 18.2 Å². The number of hydrogen-bond donors (Lipinski definition) is 1. The van der Waals surface area contributed by atoms with Crippen molar-refractivity contribution in [3.8, 4) is 11.5 Å². The molecular formula is C17H26N2O3. The average molecular weight is 306 g/mol. The molecule has 1 saturated heterocycles. The van der Waals surface area contributed by atoms with Crippen molar-refractivity contribution in [2.24, 2.45) is 0 Å². The Labute approximate surface area is 132 Å². The largest absolute Gasteiger partial charge is 0.497 e. The number of rotatable bonds is 6. The van der Waals surface area contributed by atoms with Crippen LogP contribution in [0.15, 0.2) is 18.2 Å². The van der Waals surface area contributed by atoms with Gasteiger partial charge in [0.05, 0.1) is 26.5 Å². The van der Waals surface area contributed by atoms with Gasteiger partial charge in [0.2, 0.25) is 5.91 Å². The van der Waals surface area contributed by atoms with E-state index >= 15 is 0 Å². The van der Waals surface area contributed by atoms with Gasteiger partial charge in [-0.15, -0.1) is 0 Å². The maximum Gasteiger partial charge on any atom is 0.242 e. The number of hydrogen-bond acceptors (Lipinski definition) is 4. The van der Waals surface area contributed by atoms with Crippen molar-refractivity contribution in [2.45, 2.75) is 38.6 Å². The van der Waals surface area contributed by atoms with E-state index in [1.54, 1.807) is 14.2 Å². The summed E-state index contributed by atoms with van der Waals surface area (Å²) in [4.78, 5) is 14.5. The van der Waals surface area contributed by atoms with Crippen molar-refractivity contribution in [1.29, 1.82) is 0 Å². The molecule has 2 rings (SSSR count). The zero-order valence-electron chi connectivity index (χ0n) is 13.7. The third kappa shape index (κ3) is 3.84. The highest BCUT2D eigenvalue weighted by Gasteiger charge is 2.25. The molecule has 1 N–H and O–H groups in total. The minimum atomic E-state index is 0.149. The zero-order chi connectivity index (χ0) is 15.9. The van der Waals surface area contributed by atoms with Gasteiger partial charge >= 0.3 is 0 Å². The highest BCUT2D eigenvalue weighted by atomic mass is 16.5. The molecule has 0 spiro atoms. The predicted octanol–water partition coefficient (Wildman–Crippen LogP) is 2.91. The summed E-state index contributed by atoms with van der Waals surface area (Å²) in [6.07, 6.45) is 4.46. The smallest absolute Gasteiger partial charge is 0.242 e. The fourth-order valence-electron chi connectivity index (χ4n) is 2.98. The molecule has 0 saturated carbocycles. The lowest BCUT2D eigenvalue weighted by atomic mass is 10.00. The Hall–Kier alpha value is -1.91. The Morgan fingerprint density at radius 2 is 2.14 bits per heavy atom. The van der Waals surface area contributed by atoms with Gasteiger partial charge < -0.3 is 19.7 Å². The second-order valence-electron chi connectivity index (χ2n) is 5.56. The summed E-state index contributed by atoms with van der Waals surface area (Å²) in [5, 5.41) is 3.18. The minimum Gasteiger partial charge on any atom is -0.497 e. The van der Waals surface area contributed by atoms with Crippen LogP contribution in [0.2, 0.25) is 0 Å². The maximum atomic E-state index is 12.5. The van der Waals surface area contributed by atoms with Crippen LogP contribution in [0, 0.1) is 0 Å². The Bertz CT molecular complexity index is 505. The van der Waals surface area contributed by atoms with E-state index in [9.17, 15) is 4.79 Å². The van der Waals surface area contributed by atoms with Crippen molar-refractivity contribution in [1.82, 2.24) is 4.90 Å². The quantitative estimate of drug-likeness (QED) is 0.878. The molecule has 1 aromatic carbocycles. The van der Waals surface area contributed by atoms with Gasteiger partial charge in [-0.2, -0.15) is 0 Å². The first kappa shape index (κ1) is 16.5. The number of nitrogens with zero attached hydrogens (tertiary/aromatic N) is 1. The van der Waals surface area contributed by atoms with Gasteiger partial charge in [0.15, 0.2) is 0 Å². The molecule has 5 heteroatoms. The van der Waals surface area contributed by atoms with Crippen LogP contribution in [0.3, 0.4) is 0 Å². The van der Waals surface area contributed by atoms with Crippen molar-refractivity contribution < 1.29 is 14.3 Å². The Kier molecular flexibility index (Phi) is 5.92. The van der Waals surface area contributed by atoms with Crippen LogP contribution in [0.4, 0.5) is 5.69 Å². The molecule has 1 aliphatic heterocycles. The van der Waals surface area contributed by atoms with Gasteiger partial charge in [0, 0.05) is 18.7 Å². The van der Waals surface area contributed by atoms with E-state index in [1.807, 2.05) is 23.1 Å². The lowest BCUT2D eigenvalue weighted by molar-refractivity contribution is -0.133. The van der Waals surface area contributed by atoms with Gasteiger partial charge in [0.1, 0.15) is 11.5 Å². The van der Waals surface area contributed by atoms with Crippen molar-refractivity contribution in [3.63, 3.8) is 0 Å². The van der Waals surface area contributed by atoms with Crippen LogP contribution in [0.1, 0.15) is 32.6 Å². The summed E-state index contributed by atoms with van der Waals surface area (Å²) in [6.45, 7) is 3.29. The summed E-state index contributed by atoms with van der Waals surface area (Å²) < 4.78 is 10.5. The summed E-state index contributed by atoms with van der Waals surface area (Å²) in [5.74, 6) is 1.59. The van der Waals surface area contributed by atoms with Crippen LogP contribution < -0.4 is 14.8 Å². The van der Waals surface area contributed by atoms with E-state index < -0.39 is 0 Å². The van der Waals surface area contributed by atoms with Crippen molar-refractivity contribution >= 4 is 11.6 Å². The molecule has 122 valence electrons. The number of anilines is 1. The van der Waals surface area contributed by atoms with E-state index in [0.717, 1.165) is 37.2 Å².